The van der Waals surface area contributed by atoms with Crippen LogP contribution in [0, 0.1) is 0 Å². The first kappa shape index (κ1) is 24.8. The van der Waals surface area contributed by atoms with Gasteiger partial charge in [0.05, 0.1) is 12.1 Å². The van der Waals surface area contributed by atoms with Crippen molar-refractivity contribution in [1.29, 1.82) is 0 Å². The Balaban J connectivity index is 1.60. The monoisotopic (exact) mass is 444 g/mol. The molecule has 1 aromatic carbocycles. The lowest BCUT2D eigenvalue weighted by atomic mass is 10.2. The molecule has 1 aliphatic rings. The molecule has 0 atom stereocenters. The van der Waals surface area contributed by atoms with Crippen LogP contribution in [-0.2, 0) is 15.7 Å². The number of rotatable bonds is 7. The minimum atomic E-state index is -4.42. The van der Waals surface area contributed by atoms with E-state index >= 15 is 0 Å². The number of ether oxygens (including phenoxy) is 1. The van der Waals surface area contributed by atoms with E-state index in [1.165, 1.54) is 12.1 Å². The third-order valence-electron chi connectivity index (χ3n) is 4.64. The van der Waals surface area contributed by atoms with Crippen LogP contribution >= 0.6 is 0 Å². The van der Waals surface area contributed by atoms with Gasteiger partial charge in [-0.15, -0.1) is 0 Å². The Hall–Kier alpha value is -2.49. The summed E-state index contributed by atoms with van der Waals surface area (Å²) in [7, 11) is 0. The molecular formula is C21H31F3N4O3. The normalized spacial score (nSPS) is 15.5. The number of carbonyl (C=O) groups is 2. The van der Waals surface area contributed by atoms with Crippen LogP contribution in [0.4, 0.5) is 23.7 Å². The number of hydrogen-bond acceptors (Lipinski definition) is 5. The molecule has 1 aromatic rings. The lowest BCUT2D eigenvalue weighted by Crippen LogP contribution is -2.50. The van der Waals surface area contributed by atoms with Crippen LogP contribution in [0.2, 0.25) is 0 Å². The number of carbonyl (C=O) groups excluding carboxylic acids is 2. The first-order valence-corrected chi connectivity index (χ1v) is 10.3. The van der Waals surface area contributed by atoms with Gasteiger partial charge < -0.3 is 20.3 Å². The van der Waals surface area contributed by atoms with Crippen molar-refractivity contribution < 1.29 is 27.5 Å². The molecule has 1 aliphatic heterocycles. The lowest BCUT2D eigenvalue weighted by Gasteiger charge is -2.35. The van der Waals surface area contributed by atoms with Crippen molar-refractivity contribution in [3.05, 3.63) is 29.8 Å². The predicted molar refractivity (Wildman–Crippen MR) is 112 cm³/mol. The smallest absolute Gasteiger partial charge is 0.416 e. The number of nitrogens with zero attached hydrogens (tertiary/aromatic N) is 2. The Labute approximate surface area is 180 Å². The number of alkyl halides is 3. The maximum Gasteiger partial charge on any atom is 0.416 e. The van der Waals surface area contributed by atoms with E-state index < -0.39 is 17.3 Å². The van der Waals surface area contributed by atoms with E-state index in [-0.39, 0.29) is 24.2 Å². The maximum absolute atomic E-state index is 12.7. The quantitative estimate of drug-likeness (QED) is 0.632. The summed E-state index contributed by atoms with van der Waals surface area (Å²) in [6, 6.07) is 4.74. The molecule has 0 radical (unpaired) electrons. The molecule has 1 heterocycles. The molecule has 7 nitrogen and oxygen atoms in total. The molecule has 0 aliphatic carbocycles. The summed E-state index contributed by atoms with van der Waals surface area (Å²) in [4.78, 5) is 27.9. The number of nitrogens with one attached hydrogen (secondary N) is 2. The first-order valence-electron chi connectivity index (χ1n) is 10.3. The Morgan fingerprint density at radius 3 is 2.39 bits per heavy atom. The molecule has 2 N–H and O–H groups in total. The van der Waals surface area contributed by atoms with Crippen LogP contribution in [0.1, 0.15) is 32.8 Å². The summed E-state index contributed by atoms with van der Waals surface area (Å²) in [5.41, 5.74) is -1.03. The number of anilines is 1. The zero-order valence-electron chi connectivity index (χ0n) is 18.2. The molecular weight excluding hydrogens is 413 g/mol. The maximum atomic E-state index is 12.7. The van der Waals surface area contributed by atoms with Gasteiger partial charge in [-0.1, -0.05) is 6.07 Å². The highest BCUT2D eigenvalue weighted by atomic mass is 19.4. The molecule has 0 unspecified atom stereocenters. The molecule has 2 rings (SSSR count). The minimum absolute atomic E-state index is 0.101. The molecule has 0 saturated carbocycles. The SMILES string of the molecule is CC(C)(C)OC(=O)N1CCN(CCCNC(=O)CNc2cccc(C(F)(F)F)c2)CC1. The molecule has 0 aromatic heterocycles. The van der Waals surface area contributed by atoms with Gasteiger partial charge in [0.2, 0.25) is 5.91 Å². The highest BCUT2D eigenvalue weighted by molar-refractivity contribution is 5.80. The van der Waals surface area contributed by atoms with Gasteiger partial charge in [-0.2, -0.15) is 13.2 Å². The Morgan fingerprint density at radius 1 is 1.10 bits per heavy atom. The number of benzene rings is 1. The van der Waals surface area contributed by atoms with E-state index in [4.69, 9.17) is 4.74 Å². The summed E-state index contributed by atoms with van der Waals surface area (Å²) in [5, 5.41) is 5.46. The summed E-state index contributed by atoms with van der Waals surface area (Å²) in [5.74, 6) is -0.285. The van der Waals surface area contributed by atoms with E-state index in [2.05, 4.69) is 15.5 Å². The fourth-order valence-corrected chi connectivity index (χ4v) is 3.06. The standard InChI is InChI=1S/C21H31F3N4O3/c1-20(2,3)31-19(30)28-12-10-27(11-13-28)9-5-8-25-18(29)15-26-17-7-4-6-16(14-17)21(22,23)24/h4,6-7,14,26H,5,8-13,15H2,1-3H3,(H,25,29). The van der Waals surface area contributed by atoms with Gasteiger partial charge >= 0.3 is 12.3 Å². The van der Waals surface area contributed by atoms with Gasteiger partial charge in [0.1, 0.15) is 5.60 Å². The van der Waals surface area contributed by atoms with E-state index in [9.17, 15) is 22.8 Å². The highest BCUT2D eigenvalue weighted by Gasteiger charge is 2.30. The zero-order chi connectivity index (χ0) is 23.1. The van der Waals surface area contributed by atoms with Crippen LogP contribution in [0.15, 0.2) is 24.3 Å². The number of halogens is 3. The molecule has 174 valence electrons. The summed E-state index contributed by atoms with van der Waals surface area (Å²) in [6.07, 6.45) is -3.98. The van der Waals surface area contributed by atoms with E-state index in [0.717, 1.165) is 38.2 Å². The molecule has 31 heavy (non-hydrogen) atoms. The van der Waals surface area contributed by atoms with Crippen molar-refractivity contribution in [3.8, 4) is 0 Å². The average molecular weight is 444 g/mol. The minimum Gasteiger partial charge on any atom is -0.444 e. The van der Waals surface area contributed by atoms with Crippen LogP contribution in [0.5, 0.6) is 0 Å². The molecule has 0 spiro atoms. The Kier molecular flexibility index (Phi) is 8.55. The second-order valence-electron chi connectivity index (χ2n) is 8.44. The van der Waals surface area contributed by atoms with Gasteiger partial charge in [-0.25, -0.2) is 4.79 Å². The van der Waals surface area contributed by atoms with Crippen LogP contribution in [0.3, 0.4) is 0 Å². The van der Waals surface area contributed by atoms with Crippen LogP contribution in [-0.4, -0.2) is 73.2 Å². The third-order valence-corrected chi connectivity index (χ3v) is 4.64. The molecule has 10 heteroatoms. The highest BCUT2D eigenvalue weighted by Crippen LogP contribution is 2.30. The van der Waals surface area contributed by atoms with Crippen molar-refractivity contribution in [2.75, 3.05) is 51.1 Å². The van der Waals surface area contributed by atoms with Crippen molar-refractivity contribution >= 4 is 17.7 Å². The van der Waals surface area contributed by atoms with E-state index in [0.29, 0.717) is 19.6 Å². The molecule has 1 saturated heterocycles. The first-order chi connectivity index (χ1) is 14.4. The van der Waals surface area contributed by atoms with Gasteiger partial charge in [0.25, 0.3) is 0 Å². The van der Waals surface area contributed by atoms with Gasteiger partial charge in [-0.05, 0) is 51.9 Å². The third kappa shape index (κ3) is 9.04. The molecule has 2 amide bonds. The summed E-state index contributed by atoms with van der Waals surface area (Å²) < 4.78 is 43.5. The number of amides is 2. The van der Waals surface area contributed by atoms with Crippen LogP contribution < -0.4 is 10.6 Å². The summed E-state index contributed by atoms with van der Waals surface area (Å²) >= 11 is 0. The largest absolute Gasteiger partial charge is 0.444 e. The van der Waals surface area contributed by atoms with Crippen molar-refractivity contribution in [3.63, 3.8) is 0 Å². The fraction of sp³-hybridized carbons (Fsp3) is 0.619. The van der Waals surface area contributed by atoms with Crippen molar-refractivity contribution in [1.82, 2.24) is 15.1 Å². The van der Waals surface area contributed by atoms with E-state index in [1.54, 1.807) is 4.90 Å². The van der Waals surface area contributed by atoms with Crippen LogP contribution in [0.25, 0.3) is 0 Å². The van der Waals surface area contributed by atoms with Gasteiger partial charge in [0, 0.05) is 38.4 Å². The van der Waals surface area contributed by atoms with E-state index in [1.807, 2.05) is 20.8 Å². The summed E-state index contributed by atoms with van der Waals surface area (Å²) in [6.45, 7) is 9.34. The number of piperazine rings is 1. The average Bonchev–Trinajstić information content (AvgIpc) is 2.68. The van der Waals surface area contributed by atoms with Crippen molar-refractivity contribution in [2.45, 2.75) is 39.0 Å². The Bertz CT molecular complexity index is 742. The molecule has 1 fully saturated rings. The molecule has 0 bridgehead atoms. The Morgan fingerprint density at radius 2 is 1.77 bits per heavy atom. The van der Waals surface area contributed by atoms with Gasteiger partial charge in [-0.3, -0.25) is 9.69 Å². The predicted octanol–water partition coefficient (Wildman–Crippen LogP) is 3.18. The second kappa shape index (κ2) is 10.7. The van der Waals surface area contributed by atoms with Gasteiger partial charge in [0.15, 0.2) is 0 Å². The zero-order valence-corrected chi connectivity index (χ0v) is 18.2. The second-order valence-corrected chi connectivity index (χ2v) is 8.44. The number of hydrogen-bond donors (Lipinski definition) is 2. The lowest BCUT2D eigenvalue weighted by molar-refractivity contribution is -0.137. The van der Waals surface area contributed by atoms with Crippen molar-refractivity contribution in [2.24, 2.45) is 0 Å². The fourth-order valence-electron chi connectivity index (χ4n) is 3.06. The topological polar surface area (TPSA) is 73.9 Å².